The molecule has 0 unspecified atom stereocenters. The summed E-state index contributed by atoms with van der Waals surface area (Å²) in [6.45, 7) is 8.45. The standard InChI is InChI=1S/C40H36O2/c1-5-31-32(27-19-11-7-12-20-27)40(30-25-17-10-18-26-30)38(4,35(31)41)37(3)33(28-21-13-8-14-22-28)34(29-23-15-9-16-24-29)39(40,6-2)36(37)42/h7-26H,5-6H2,1-4H3/t37-,38-,39+,40-/m0/s1. The van der Waals surface area contributed by atoms with Gasteiger partial charge in [0.25, 0.3) is 0 Å². The van der Waals surface area contributed by atoms with Crippen molar-refractivity contribution in [3.63, 3.8) is 0 Å². The molecular weight excluding hydrogens is 512 g/mol. The minimum atomic E-state index is -1.06. The largest absolute Gasteiger partial charge is 0.298 e. The van der Waals surface area contributed by atoms with Crippen LogP contribution >= 0.6 is 0 Å². The maximum Gasteiger partial charge on any atom is 0.167 e. The van der Waals surface area contributed by atoms with E-state index in [9.17, 15) is 0 Å². The van der Waals surface area contributed by atoms with Crippen LogP contribution in [-0.2, 0) is 15.0 Å². The van der Waals surface area contributed by atoms with E-state index in [1.165, 1.54) is 0 Å². The van der Waals surface area contributed by atoms with Crippen molar-refractivity contribution in [2.24, 2.45) is 16.2 Å². The quantitative estimate of drug-likeness (QED) is 0.241. The molecule has 1 saturated carbocycles. The van der Waals surface area contributed by atoms with E-state index in [1.54, 1.807) is 0 Å². The van der Waals surface area contributed by atoms with Gasteiger partial charge < -0.3 is 0 Å². The number of rotatable bonds is 6. The molecule has 2 nitrogen and oxygen atoms in total. The normalized spacial score (nSPS) is 29.9. The molecule has 4 aromatic rings. The van der Waals surface area contributed by atoms with Crippen molar-refractivity contribution in [1.29, 1.82) is 0 Å². The number of carbonyl (C=O) groups excluding carboxylic acids is 2. The lowest BCUT2D eigenvalue weighted by molar-refractivity contribution is -0.134. The average molecular weight is 549 g/mol. The monoisotopic (exact) mass is 548 g/mol. The molecule has 0 radical (unpaired) electrons. The Balaban J connectivity index is 1.76. The second kappa shape index (κ2) is 9.10. The maximum atomic E-state index is 15.7. The lowest BCUT2D eigenvalue weighted by Crippen LogP contribution is -2.57. The van der Waals surface area contributed by atoms with Gasteiger partial charge in [-0.2, -0.15) is 0 Å². The van der Waals surface area contributed by atoms with Crippen LogP contribution in [0, 0.1) is 16.2 Å². The number of ketones is 2. The van der Waals surface area contributed by atoms with Crippen molar-refractivity contribution in [3.8, 4) is 0 Å². The average Bonchev–Trinajstić information content (AvgIpc) is 3.45. The zero-order chi connectivity index (χ0) is 29.3. The predicted octanol–water partition coefficient (Wildman–Crippen LogP) is 8.99. The van der Waals surface area contributed by atoms with E-state index >= 15 is 9.59 Å². The van der Waals surface area contributed by atoms with Crippen LogP contribution in [0.5, 0.6) is 0 Å². The summed E-state index contributed by atoms with van der Waals surface area (Å²) in [5.74, 6) is 0.276. The number of carbonyl (C=O) groups is 2. The molecule has 4 aromatic carbocycles. The molecule has 208 valence electrons. The van der Waals surface area contributed by atoms with Crippen LogP contribution in [0.2, 0.25) is 0 Å². The molecule has 4 atom stereocenters. The zero-order valence-electron chi connectivity index (χ0n) is 24.8. The molecule has 2 bridgehead atoms. The Morgan fingerprint density at radius 3 is 1.43 bits per heavy atom. The first kappa shape index (κ1) is 26.6. The van der Waals surface area contributed by atoms with E-state index in [2.05, 4.69) is 100 Å². The molecule has 1 fully saturated rings. The van der Waals surface area contributed by atoms with E-state index < -0.39 is 21.7 Å². The second-order valence-corrected chi connectivity index (χ2v) is 12.3. The highest BCUT2D eigenvalue weighted by atomic mass is 16.1. The molecule has 7 rings (SSSR count). The van der Waals surface area contributed by atoms with Gasteiger partial charge in [-0.1, -0.05) is 135 Å². The van der Waals surface area contributed by atoms with Crippen LogP contribution in [0.15, 0.2) is 127 Å². The van der Waals surface area contributed by atoms with Gasteiger partial charge in [-0.05, 0) is 65.7 Å². The first-order valence-corrected chi connectivity index (χ1v) is 15.2. The summed E-state index contributed by atoms with van der Waals surface area (Å²) < 4.78 is 0. The van der Waals surface area contributed by atoms with E-state index in [4.69, 9.17) is 0 Å². The Morgan fingerprint density at radius 1 is 0.548 bits per heavy atom. The number of benzene rings is 4. The molecule has 2 heteroatoms. The number of hydrogen-bond donors (Lipinski definition) is 0. The van der Waals surface area contributed by atoms with Gasteiger partial charge in [-0.3, -0.25) is 9.59 Å². The SMILES string of the molecule is CCC1=C(c2ccccc2)[C@]2(c3ccccc3)[C@@]3(CC)C(=O)[C@](C)(C(c4ccccc4)=C3c3ccccc3)[C@]2(C)C1=O. The van der Waals surface area contributed by atoms with Crippen LogP contribution in [-0.4, -0.2) is 11.6 Å². The van der Waals surface area contributed by atoms with Gasteiger partial charge in [-0.25, -0.2) is 0 Å². The van der Waals surface area contributed by atoms with Gasteiger partial charge in [0.05, 0.1) is 21.7 Å². The summed E-state index contributed by atoms with van der Waals surface area (Å²) in [6.07, 6.45) is 1.19. The molecule has 0 aliphatic heterocycles. The topological polar surface area (TPSA) is 34.1 Å². The van der Waals surface area contributed by atoms with E-state index in [-0.39, 0.29) is 11.6 Å². The number of allylic oxidation sites excluding steroid dienone is 4. The van der Waals surface area contributed by atoms with Crippen LogP contribution in [0.1, 0.15) is 62.8 Å². The number of hydrogen-bond acceptors (Lipinski definition) is 2. The smallest absolute Gasteiger partial charge is 0.167 e. The summed E-state index contributed by atoms with van der Waals surface area (Å²) in [6, 6.07) is 41.6. The zero-order valence-corrected chi connectivity index (χ0v) is 24.8. The third-order valence-corrected chi connectivity index (χ3v) is 11.1. The molecule has 0 saturated heterocycles. The highest BCUT2D eigenvalue weighted by Gasteiger charge is 2.89. The molecule has 3 aliphatic carbocycles. The lowest BCUT2D eigenvalue weighted by atomic mass is 9.43. The number of Topliss-reactive ketones (excluding diaryl/α,β-unsaturated/α-hetero) is 2. The lowest BCUT2D eigenvalue weighted by Gasteiger charge is -2.56. The van der Waals surface area contributed by atoms with E-state index in [1.807, 2.05) is 48.5 Å². The molecule has 0 N–H and O–H groups in total. The van der Waals surface area contributed by atoms with E-state index in [0.29, 0.717) is 12.8 Å². The molecule has 0 aromatic heterocycles. The molecule has 0 spiro atoms. The van der Waals surface area contributed by atoms with Crippen molar-refractivity contribution in [2.45, 2.75) is 46.0 Å². The third kappa shape index (κ3) is 2.72. The van der Waals surface area contributed by atoms with Crippen molar-refractivity contribution in [2.75, 3.05) is 0 Å². The minimum Gasteiger partial charge on any atom is -0.298 e. The van der Waals surface area contributed by atoms with Crippen LogP contribution < -0.4 is 0 Å². The Bertz CT molecular complexity index is 1780. The fourth-order valence-corrected chi connectivity index (χ4v) is 9.59. The summed E-state index contributed by atoms with van der Waals surface area (Å²) in [5, 5.41) is 0. The van der Waals surface area contributed by atoms with Gasteiger partial charge in [0.2, 0.25) is 0 Å². The Morgan fingerprint density at radius 2 is 0.976 bits per heavy atom. The highest BCUT2D eigenvalue weighted by molar-refractivity contribution is 6.33. The van der Waals surface area contributed by atoms with Gasteiger partial charge in [0, 0.05) is 5.57 Å². The Hall–Kier alpha value is -4.30. The van der Waals surface area contributed by atoms with Crippen LogP contribution in [0.3, 0.4) is 0 Å². The van der Waals surface area contributed by atoms with Gasteiger partial charge in [0.15, 0.2) is 11.6 Å². The summed E-state index contributed by atoms with van der Waals surface area (Å²) in [5.41, 5.74) is 4.16. The summed E-state index contributed by atoms with van der Waals surface area (Å²) in [4.78, 5) is 31.0. The van der Waals surface area contributed by atoms with Gasteiger partial charge in [-0.15, -0.1) is 0 Å². The first-order valence-electron chi connectivity index (χ1n) is 15.2. The summed E-state index contributed by atoms with van der Waals surface area (Å²) >= 11 is 0. The fourth-order valence-electron chi connectivity index (χ4n) is 9.59. The van der Waals surface area contributed by atoms with Gasteiger partial charge in [0.1, 0.15) is 0 Å². The van der Waals surface area contributed by atoms with Gasteiger partial charge >= 0.3 is 0 Å². The Kier molecular flexibility index (Phi) is 5.76. The third-order valence-electron chi connectivity index (χ3n) is 11.1. The van der Waals surface area contributed by atoms with Crippen molar-refractivity contribution in [3.05, 3.63) is 149 Å². The first-order chi connectivity index (χ1) is 20.4. The van der Waals surface area contributed by atoms with Crippen molar-refractivity contribution in [1.82, 2.24) is 0 Å². The second-order valence-electron chi connectivity index (χ2n) is 12.3. The van der Waals surface area contributed by atoms with Crippen LogP contribution in [0.4, 0.5) is 0 Å². The fraction of sp³-hybridized carbons (Fsp3) is 0.250. The van der Waals surface area contributed by atoms with E-state index in [0.717, 1.165) is 44.5 Å². The molecule has 3 aliphatic rings. The highest BCUT2D eigenvalue weighted by Crippen LogP contribution is 2.86. The Labute approximate surface area is 248 Å². The predicted molar refractivity (Wildman–Crippen MR) is 170 cm³/mol. The molecular formula is C40H36O2. The molecule has 0 heterocycles. The maximum absolute atomic E-state index is 15.7. The van der Waals surface area contributed by atoms with Crippen LogP contribution in [0.25, 0.3) is 16.7 Å². The molecule has 42 heavy (non-hydrogen) atoms. The summed E-state index contributed by atoms with van der Waals surface area (Å²) in [7, 11) is 0. The van der Waals surface area contributed by atoms with Crippen molar-refractivity contribution >= 4 is 28.3 Å². The number of fused-ring (bicyclic) bond motifs is 5. The molecule has 0 amide bonds. The van der Waals surface area contributed by atoms with Crippen molar-refractivity contribution < 1.29 is 9.59 Å². The minimum absolute atomic E-state index is 0.111.